The summed E-state index contributed by atoms with van der Waals surface area (Å²) >= 11 is 0. The van der Waals surface area contributed by atoms with Crippen LogP contribution < -0.4 is 16.0 Å². The van der Waals surface area contributed by atoms with Gasteiger partial charge >= 0.3 is 6.03 Å². The third-order valence-corrected chi connectivity index (χ3v) is 9.43. The average molecular weight is 566 g/mol. The van der Waals surface area contributed by atoms with E-state index < -0.39 is 21.6 Å². The summed E-state index contributed by atoms with van der Waals surface area (Å²) in [5.41, 5.74) is 8.91. The van der Waals surface area contributed by atoms with Gasteiger partial charge in [-0.25, -0.2) is 13.2 Å². The summed E-state index contributed by atoms with van der Waals surface area (Å²) in [4.78, 5) is 30.5. The lowest BCUT2D eigenvalue weighted by molar-refractivity contribution is -0.124. The van der Waals surface area contributed by atoms with E-state index in [2.05, 4.69) is 29.6 Å². The third-order valence-electron chi connectivity index (χ3n) is 7.86. The predicted octanol–water partition coefficient (Wildman–Crippen LogP) is 4.28. The quantitative estimate of drug-likeness (QED) is 0.417. The third kappa shape index (κ3) is 6.79. The molecule has 214 valence electrons. The number of hydrogen-bond donors (Lipinski definition) is 2. The molecular formula is C30H39N5O4S. The Morgan fingerprint density at radius 1 is 1.07 bits per heavy atom. The molecule has 4 rings (SSSR count). The number of nitrogens with two attached hydrogens (primary N) is 1. The Morgan fingerprint density at radius 2 is 1.70 bits per heavy atom. The van der Waals surface area contributed by atoms with Crippen LogP contribution in [0.5, 0.6) is 0 Å². The molecule has 1 fully saturated rings. The van der Waals surface area contributed by atoms with Crippen molar-refractivity contribution < 1.29 is 18.0 Å². The van der Waals surface area contributed by atoms with E-state index in [9.17, 15) is 18.0 Å². The molecule has 2 heterocycles. The first-order valence-corrected chi connectivity index (χ1v) is 15.3. The van der Waals surface area contributed by atoms with E-state index in [1.165, 1.54) is 20.2 Å². The van der Waals surface area contributed by atoms with Gasteiger partial charge in [0.15, 0.2) is 0 Å². The minimum atomic E-state index is -3.69. The van der Waals surface area contributed by atoms with Gasteiger partial charge in [-0.05, 0) is 86.4 Å². The monoisotopic (exact) mass is 565 g/mol. The maximum Gasteiger partial charge on any atom is 0.318 e. The van der Waals surface area contributed by atoms with E-state index in [0.29, 0.717) is 18.5 Å². The molecule has 3 N–H and O–H groups in total. The number of benzene rings is 2. The second kappa shape index (κ2) is 12.3. The zero-order valence-corrected chi connectivity index (χ0v) is 24.3. The van der Waals surface area contributed by atoms with Gasteiger partial charge in [0.1, 0.15) is 11.4 Å². The first-order valence-electron chi connectivity index (χ1n) is 13.8. The van der Waals surface area contributed by atoms with E-state index >= 15 is 0 Å². The van der Waals surface area contributed by atoms with Crippen LogP contribution in [0.25, 0.3) is 6.08 Å². The normalized spacial score (nSPS) is 17.3. The van der Waals surface area contributed by atoms with Crippen LogP contribution in [-0.2, 0) is 21.2 Å². The molecule has 40 heavy (non-hydrogen) atoms. The lowest BCUT2D eigenvalue weighted by atomic mass is 9.89. The highest BCUT2D eigenvalue weighted by Gasteiger charge is 2.46. The molecule has 2 aromatic carbocycles. The van der Waals surface area contributed by atoms with Gasteiger partial charge in [0.2, 0.25) is 10.0 Å². The zero-order chi connectivity index (χ0) is 28.9. The second-order valence-corrected chi connectivity index (χ2v) is 12.5. The molecule has 2 aliphatic heterocycles. The van der Waals surface area contributed by atoms with Gasteiger partial charge < -0.3 is 11.1 Å². The number of carbonyl (C=O) groups is 2. The molecule has 0 aromatic heterocycles. The Bertz CT molecular complexity index is 1390. The van der Waals surface area contributed by atoms with Crippen molar-refractivity contribution in [1.29, 1.82) is 0 Å². The van der Waals surface area contributed by atoms with E-state index in [4.69, 9.17) is 10.7 Å². The van der Waals surface area contributed by atoms with Gasteiger partial charge in [0.05, 0.1) is 0 Å². The standard InChI is InChI=1S/C30H39N5O4S/c1-22-20-25(34(3)29(31)37)21-23(2)26(22)14-19-40(38,39)35-17-15-30(16-18-35)28(36)32-27(33-30)13-9-5-8-12-24-10-6-4-7-11-24/h4,6-7,10-11,14,19-21H,5,8-9,12-13,15-18H2,1-3H3,(H2,31,37)(H,32,33,36)/b19-14+. The number of piperidine rings is 1. The summed E-state index contributed by atoms with van der Waals surface area (Å²) in [5.74, 6) is 0.601. The van der Waals surface area contributed by atoms with Gasteiger partial charge in [-0.1, -0.05) is 36.8 Å². The van der Waals surface area contributed by atoms with Crippen molar-refractivity contribution >= 4 is 39.6 Å². The van der Waals surface area contributed by atoms with Crippen molar-refractivity contribution in [2.24, 2.45) is 10.7 Å². The highest BCUT2D eigenvalue weighted by molar-refractivity contribution is 7.92. The summed E-state index contributed by atoms with van der Waals surface area (Å²) in [6.07, 6.45) is 7.16. The molecule has 0 aliphatic carbocycles. The highest BCUT2D eigenvalue weighted by Crippen LogP contribution is 2.32. The van der Waals surface area contributed by atoms with Crippen LogP contribution in [0, 0.1) is 13.8 Å². The van der Waals surface area contributed by atoms with Gasteiger partial charge in [-0.2, -0.15) is 4.31 Å². The van der Waals surface area contributed by atoms with Crippen molar-refractivity contribution in [3.05, 3.63) is 70.1 Å². The van der Waals surface area contributed by atoms with Crippen LogP contribution >= 0.6 is 0 Å². The Hall–Kier alpha value is -3.50. The molecule has 0 atom stereocenters. The molecule has 3 amide bonds. The van der Waals surface area contributed by atoms with E-state index in [0.717, 1.165) is 54.6 Å². The van der Waals surface area contributed by atoms with Crippen molar-refractivity contribution in [2.75, 3.05) is 25.0 Å². The van der Waals surface area contributed by atoms with Crippen molar-refractivity contribution in [3.8, 4) is 0 Å². The fraction of sp³-hybridized carbons (Fsp3) is 0.433. The number of amidine groups is 1. The lowest BCUT2D eigenvalue weighted by Gasteiger charge is -2.34. The summed E-state index contributed by atoms with van der Waals surface area (Å²) in [6.45, 7) is 4.18. The van der Waals surface area contributed by atoms with Gasteiger partial charge in [-0.3, -0.25) is 14.7 Å². The molecule has 0 bridgehead atoms. The Morgan fingerprint density at radius 3 is 2.33 bits per heavy atom. The van der Waals surface area contributed by atoms with E-state index in [1.807, 2.05) is 19.9 Å². The van der Waals surface area contributed by atoms with Gasteiger partial charge in [0, 0.05) is 37.7 Å². The molecule has 1 spiro atoms. The lowest BCUT2D eigenvalue weighted by Crippen LogP contribution is -2.50. The molecule has 0 unspecified atom stereocenters. The number of primary amides is 1. The topological polar surface area (TPSA) is 125 Å². The van der Waals surface area contributed by atoms with Crippen LogP contribution in [0.15, 0.2) is 52.9 Å². The molecular weight excluding hydrogens is 526 g/mol. The minimum Gasteiger partial charge on any atom is -0.351 e. The highest BCUT2D eigenvalue weighted by atomic mass is 32.2. The first kappa shape index (κ1) is 29.5. The summed E-state index contributed by atoms with van der Waals surface area (Å²) in [5, 5.41) is 4.17. The maximum atomic E-state index is 13.1. The van der Waals surface area contributed by atoms with Crippen molar-refractivity contribution in [2.45, 2.75) is 64.3 Å². The smallest absolute Gasteiger partial charge is 0.318 e. The fourth-order valence-corrected chi connectivity index (χ4v) is 6.54. The number of anilines is 1. The van der Waals surface area contributed by atoms with Crippen LogP contribution in [-0.4, -0.2) is 56.2 Å². The summed E-state index contributed by atoms with van der Waals surface area (Å²) in [7, 11) is -2.10. The van der Waals surface area contributed by atoms with Crippen LogP contribution in [0.1, 0.15) is 60.8 Å². The van der Waals surface area contributed by atoms with Crippen molar-refractivity contribution in [1.82, 2.24) is 9.62 Å². The first-order chi connectivity index (χ1) is 19.0. The SMILES string of the molecule is Cc1cc(N(C)C(N)=O)cc(C)c1/C=C/S(=O)(=O)N1CCC2(CC1)N=C(CCCCCc1ccccc1)NC2=O. The molecule has 2 aliphatic rings. The number of unbranched alkanes of at least 4 members (excludes halogenated alkanes) is 2. The zero-order valence-electron chi connectivity index (χ0n) is 23.5. The number of aliphatic imine (C=N–C) groups is 1. The molecule has 10 heteroatoms. The number of urea groups is 1. The number of aryl methyl sites for hydroxylation is 3. The molecule has 9 nitrogen and oxygen atoms in total. The molecule has 2 aromatic rings. The second-order valence-electron chi connectivity index (χ2n) is 10.7. The maximum absolute atomic E-state index is 13.1. The number of nitrogens with one attached hydrogen (secondary N) is 1. The Kier molecular flexibility index (Phi) is 9.10. The van der Waals surface area contributed by atoms with Crippen LogP contribution in [0.3, 0.4) is 0 Å². The minimum absolute atomic E-state index is 0.119. The van der Waals surface area contributed by atoms with Crippen molar-refractivity contribution in [3.63, 3.8) is 0 Å². The Balaban J connectivity index is 1.32. The number of hydrogen-bond acceptors (Lipinski definition) is 5. The van der Waals surface area contributed by atoms with Crippen LogP contribution in [0.4, 0.5) is 10.5 Å². The largest absolute Gasteiger partial charge is 0.351 e. The number of rotatable bonds is 10. The van der Waals surface area contributed by atoms with Crippen LogP contribution in [0.2, 0.25) is 0 Å². The molecule has 1 saturated heterocycles. The van der Waals surface area contributed by atoms with E-state index in [-0.39, 0.29) is 19.0 Å². The predicted molar refractivity (Wildman–Crippen MR) is 160 cm³/mol. The number of nitrogens with zero attached hydrogens (tertiary/aromatic N) is 3. The summed E-state index contributed by atoms with van der Waals surface area (Å²) in [6, 6.07) is 13.4. The van der Waals surface area contributed by atoms with E-state index in [1.54, 1.807) is 25.3 Å². The summed E-state index contributed by atoms with van der Waals surface area (Å²) < 4.78 is 27.7. The fourth-order valence-electron chi connectivity index (χ4n) is 5.37. The average Bonchev–Trinajstić information content (AvgIpc) is 3.22. The number of sulfonamides is 1. The Labute approximate surface area is 237 Å². The molecule has 0 saturated carbocycles. The number of amides is 3. The van der Waals surface area contributed by atoms with Gasteiger partial charge in [0.25, 0.3) is 5.91 Å². The van der Waals surface area contributed by atoms with Gasteiger partial charge in [-0.15, -0.1) is 0 Å². The molecule has 0 radical (unpaired) electrons. The number of carbonyl (C=O) groups excluding carboxylic acids is 2.